The summed E-state index contributed by atoms with van der Waals surface area (Å²) in [7, 11) is 1.61. The standard InChI is InChI=1S/C30H19N3O3/c1-35-20-12-10-18(11-13-20)22-15-27(23-14-19-6-2-5-9-28(19)36-30(23)34)33-29(24(22)16-31)25-17-32-26-8-4-3-7-21(25)26/h2-15,17,32H,1H3. The first kappa shape index (κ1) is 21.4. The van der Waals surface area contributed by atoms with Crippen LogP contribution in [0, 0.1) is 11.3 Å². The monoisotopic (exact) mass is 469 g/mol. The summed E-state index contributed by atoms with van der Waals surface area (Å²) in [5.41, 5.74) is 4.87. The van der Waals surface area contributed by atoms with E-state index in [0.717, 1.165) is 27.4 Å². The van der Waals surface area contributed by atoms with Crippen molar-refractivity contribution in [3.63, 3.8) is 0 Å². The number of aromatic nitrogens is 2. The van der Waals surface area contributed by atoms with Crippen LogP contribution in [0.1, 0.15) is 5.56 Å². The van der Waals surface area contributed by atoms with Crippen molar-refractivity contribution in [3.8, 4) is 45.5 Å². The number of benzene rings is 3. The van der Waals surface area contributed by atoms with Gasteiger partial charge >= 0.3 is 5.63 Å². The average molecular weight is 470 g/mol. The number of hydrogen-bond acceptors (Lipinski definition) is 5. The van der Waals surface area contributed by atoms with Gasteiger partial charge in [-0.05, 0) is 42.0 Å². The van der Waals surface area contributed by atoms with Gasteiger partial charge in [-0.2, -0.15) is 5.26 Å². The quantitative estimate of drug-likeness (QED) is 0.296. The zero-order valence-electron chi connectivity index (χ0n) is 19.3. The van der Waals surface area contributed by atoms with Crippen LogP contribution in [0.3, 0.4) is 0 Å². The van der Waals surface area contributed by atoms with Crippen LogP contribution in [0.15, 0.2) is 100 Å². The Morgan fingerprint density at radius 3 is 2.50 bits per heavy atom. The van der Waals surface area contributed by atoms with Gasteiger partial charge in [0.05, 0.1) is 29.6 Å². The van der Waals surface area contributed by atoms with Gasteiger partial charge in [-0.1, -0.05) is 48.5 Å². The van der Waals surface area contributed by atoms with E-state index in [0.29, 0.717) is 39.4 Å². The molecular weight excluding hydrogens is 450 g/mol. The van der Waals surface area contributed by atoms with Crippen molar-refractivity contribution in [2.75, 3.05) is 7.11 Å². The second-order valence-corrected chi connectivity index (χ2v) is 8.35. The molecule has 36 heavy (non-hydrogen) atoms. The van der Waals surface area contributed by atoms with Gasteiger partial charge in [0.1, 0.15) is 17.4 Å². The second-order valence-electron chi connectivity index (χ2n) is 8.35. The first-order valence-corrected chi connectivity index (χ1v) is 11.4. The highest BCUT2D eigenvalue weighted by atomic mass is 16.5. The van der Waals surface area contributed by atoms with Crippen molar-refractivity contribution in [2.24, 2.45) is 0 Å². The number of ether oxygens (including phenoxy) is 1. The number of pyridine rings is 1. The fourth-order valence-corrected chi connectivity index (χ4v) is 4.50. The number of rotatable bonds is 4. The molecule has 0 radical (unpaired) electrons. The number of fused-ring (bicyclic) bond motifs is 2. The largest absolute Gasteiger partial charge is 0.497 e. The van der Waals surface area contributed by atoms with Crippen LogP contribution in [-0.4, -0.2) is 17.1 Å². The fraction of sp³-hybridized carbons (Fsp3) is 0.0333. The van der Waals surface area contributed by atoms with Crippen molar-refractivity contribution in [2.45, 2.75) is 0 Å². The van der Waals surface area contributed by atoms with E-state index in [4.69, 9.17) is 14.1 Å². The molecule has 0 aliphatic carbocycles. The highest BCUT2D eigenvalue weighted by Gasteiger charge is 2.21. The summed E-state index contributed by atoms with van der Waals surface area (Å²) in [4.78, 5) is 21.2. The summed E-state index contributed by atoms with van der Waals surface area (Å²) in [6.07, 6.45) is 1.85. The molecule has 0 amide bonds. The second kappa shape index (κ2) is 8.57. The lowest BCUT2D eigenvalue weighted by Crippen LogP contribution is -2.06. The third kappa shape index (κ3) is 3.51. The van der Waals surface area contributed by atoms with Gasteiger partial charge in [-0.3, -0.25) is 0 Å². The lowest BCUT2D eigenvalue weighted by atomic mass is 9.94. The van der Waals surface area contributed by atoms with Crippen molar-refractivity contribution < 1.29 is 9.15 Å². The number of nitrogens with one attached hydrogen (secondary N) is 1. The molecule has 1 N–H and O–H groups in total. The number of H-pyrrole nitrogens is 1. The average Bonchev–Trinajstić information content (AvgIpc) is 3.36. The molecule has 0 saturated heterocycles. The normalized spacial score (nSPS) is 11.0. The molecule has 3 aromatic heterocycles. The summed E-state index contributed by atoms with van der Waals surface area (Å²) in [5, 5.41) is 12.0. The molecule has 0 unspecified atom stereocenters. The molecular formula is C30H19N3O3. The van der Waals surface area contributed by atoms with Crippen LogP contribution >= 0.6 is 0 Å². The maximum Gasteiger partial charge on any atom is 0.345 e. The molecule has 6 heteroatoms. The van der Waals surface area contributed by atoms with Crippen LogP contribution in [-0.2, 0) is 0 Å². The molecule has 6 rings (SSSR count). The van der Waals surface area contributed by atoms with Crippen LogP contribution < -0.4 is 10.4 Å². The van der Waals surface area contributed by atoms with Crippen molar-refractivity contribution in [3.05, 3.63) is 107 Å². The molecule has 172 valence electrons. The number of hydrogen-bond donors (Lipinski definition) is 1. The third-order valence-corrected chi connectivity index (χ3v) is 6.29. The van der Waals surface area contributed by atoms with E-state index in [-0.39, 0.29) is 0 Å². The maximum absolute atomic E-state index is 13.0. The molecule has 0 bridgehead atoms. The van der Waals surface area contributed by atoms with E-state index in [9.17, 15) is 10.1 Å². The predicted molar refractivity (Wildman–Crippen MR) is 140 cm³/mol. The Morgan fingerprint density at radius 2 is 1.69 bits per heavy atom. The Labute approximate surface area is 206 Å². The molecule has 0 saturated carbocycles. The van der Waals surface area contributed by atoms with Crippen LogP contribution in [0.4, 0.5) is 0 Å². The zero-order chi connectivity index (χ0) is 24.6. The number of para-hydroxylation sites is 2. The molecule has 0 aliphatic heterocycles. The summed E-state index contributed by atoms with van der Waals surface area (Å²) in [6, 6.07) is 28.6. The Kier molecular flexibility index (Phi) is 5.09. The van der Waals surface area contributed by atoms with E-state index >= 15 is 0 Å². The number of nitriles is 1. The Balaban J connectivity index is 1.68. The van der Waals surface area contributed by atoms with Gasteiger partial charge in [0.15, 0.2) is 0 Å². The zero-order valence-corrected chi connectivity index (χ0v) is 19.3. The van der Waals surface area contributed by atoms with Gasteiger partial charge < -0.3 is 14.1 Å². The van der Waals surface area contributed by atoms with Crippen molar-refractivity contribution >= 4 is 21.9 Å². The van der Waals surface area contributed by atoms with Crippen molar-refractivity contribution in [1.29, 1.82) is 5.26 Å². The summed E-state index contributed by atoms with van der Waals surface area (Å²) in [6.45, 7) is 0. The van der Waals surface area contributed by atoms with E-state index in [1.807, 2.05) is 72.9 Å². The van der Waals surface area contributed by atoms with Gasteiger partial charge in [-0.25, -0.2) is 9.78 Å². The number of aromatic amines is 1. The summed E-state index contributed by atoms with van der Waals surface area (Å²) >= 11 is 0. The van der Waals surface area contributed by atoms with E-state index in [1.54, 1.807) is 25.3 Å². The minimum atomic E-state index is -0.489. The number of nitrogens with zero attached hydrogens (tertiary/aromatic N) is 2. The minimum absolute atomic E-state index is 0.328. The SMILES string of the molecule is COc1ccc(-c2cc(-c3cc4ccccc4oc3=O)nc(-c3c[nH]c4ccccc34)c2C#N)cc1. The molecule has 3 heterocycles. The Bertz CT molecular complexity index is 1860. The first-order valence-electron chi connectivity index (χ1n) is 11.4. The highest BCUT2D eigenvalue weighted by molar-refractivity contribution is 5.98. The Hall–Kier alpha value is -5.15. The van der Waals surface area contributed by atoms with Crippen LogP contribution in [0.25, 0.3) is 55.5 Å². The third-order valence-electron chi connectivity index (χ3n) is 6.29. The number of methoxy groups -OCH3 is 1. The summed E-state index contributed by atoms with van der Waals surface area (Å²) in [5.74, 6) is 0.707. The molecule has 0 fully saturated rings. The predicted octanol–water partition coefficient (Wildman–Crippen LogP) is 6.55. The lowest BCUT2D eigenvalue weighted by molar-refractivity contribution is 0.415. The Morgan fingerprint density at radius 1 is 0.917 bits per heavy atom. The topological polar surface area (TPSA) is 91.9 Å². The minimum Gasteiger partial charge on any atom is -0.497 e. The van der Waals surface area contributed by atoms with Gasteiger partial charge in [0.25, 0.3) is 0 Å². The van der Waals surface area contributed by atoms with Crippen LogP contribution in [0.5, 0.6) is 5.75 Å². The van der Waals surface area contributed by atoms with Crippen LogP contribution in [0.2, 0.25) is 0 Å². The maximum atomic E-state index is 13.0. The highest BCUT2D eigenvalue weighted by Crippen LogP contribution is 2.37. The van der Waals surface area contributed by atoms with E-state index in [2.05, 4.69) is 11.1 Å². The molecule has 0 aliphatic rings. The lowest BCUT2D eigenvalue weighted by Gasteiger charge is -2.13. The van der Waals surface area contributed by atoms with Gasteiger partial charge in [0, 0.05) is 33.6 Å². The summed E-state index contributed by atoms with van der Waals surface area (Å²) < 4.78 is 10.9. The van der Waals surface area contributed by atoms with E-state index in [1.165, 1.54) is 0 Å². The molecule has 6 nitrogen and oxygen atoms in total. The van der Waals surface area contributed by atoms with Gasteiger partial charge in [-0.15, -0.1) is 0 Å². The first-order chi connectivity index (χ1) is 17.7. The smallest absolute Gasteiger partial charge is 0.345 e. The molecule has 3 aromatic carbocycles. The van der Waals surface area contributed by atoms with Gasteiger partial charge in [0.2, 0.25) is 0 Å². The molecule has 0 spiro atoms. The molecule has 6 aromatic rings. The van der Waals surface area contributed by atoms with E-state index < -0.39 is 5.63 Å². The molecule has 0 atom stereocenters. The fourth-order valence-electron chi connectivity index (χ4n) is 4.50. The van der Waals surface area contributed by atoms with Crippen molar-refractivity contribution in [1.82, 2.24) is 9.97 Å².